The lowest BCUT2D eigenvalue weighted by Gasteiger charge is -2.41. The van der Waals surface area contributed by atoms with Crippen LogP contribution in [-0.4, -0.2) is 53.8 Å². The first-order valence-corrected chi connectivity index (χ1v) is 15.8. The molecule has 0 heterocycles. The highest BCUT2D eigenvalue weighted by Gasteiger charge is 2.47. The average Bonchev–Trinajstić information content (AvgIpc) is 2.95. The molecule has 1 rings (SSSR count). The topological polar surface area (TPSA) is 87.0 Å². The van der Waals surface area contributed by atoms with Crippen LogP contribution in [0.3, 0.4) is 0 Å². The molecular weight excluding hydrogens is 458 g/mol. The van der Waals surface area contributed by atoms with Gasteiger partial charge in [-0.1, -0.05) is 52.7 Å². The van der Waals surface area contributed by atoms with Crippen molar-refractivity contribution >= 4 is 14.3 Å². The van der Waals surface area contributed by atoms with Crippen molar-refractivity contribution in [1.29, 1.82) is 0 Å². The molecule has 5 nitrogen and oxygen atoms in total. The summed E-state index contributed by atoms with van der Waals surface area (Å²) in [5, 5.41) is 29.5. The SMILES string of the molecule is CCCC(F)(F)[C@@H](CCC[C@@H]1[C@@H](C/C=C\CCCC(=O)O)[C@@H](O)C[C@H]1O)O[Si](C)(C)C(C)(C)C. The average molecular weight is 507 g/mol. The summed E-state index contributed by atoms with van der Waals surface area (Å²) >= 11 is 0. The summed E-state index contributed by atoms with van der Waals surface area (Å²) in [6.45, 7) is 11.9. The largest absolute Gasteiger partial charge is 0.481 e. The van der Waals surface area contributed by atoms with Gasteiger partial charge in [0.25, 0.3) is 5.92 Å². The Hall–Kier alpha value is -0.833. The quantitative estimate of drug-likeness (QED) is 0.133. The molecule has 0 unspecified atom stereocenters. The highest BCUT2D eigenvalue weighted by atomic mass is 28.4. The molecule has 0 radical (unpaired) electrons. The van der Waals surface area contributed by atoms with E-state index in [0.717, 1.165) is 0 Å². The first kappa shape index (κ1) is 31.2. The lowest BCUT2D eigenvalue weighted by atomic mass is 9.85. The van der Waals surface area contributed by atoms with Crippen LogP contribution in [0, 0.1) is 11.8 Å². The van der Waals surface area contributed by atoms with Gasteiger partial charge in [-0.15, -0.1) is 0 Å². The second kappa shape index (κ2) is 13.5. The fourth-order valence-corrected chi connectivity index (χ4v) is 5.93. The van der Waals surface area contributed by atoms with Gasteiger partial charge in [-0.2, -0.15) is 0 Å². The number of hydrogen-bond donors (Lipinski definition) is 3. The van der Waals surface area contributed by atoms with Crippen LogP contribution < -0.4 is 0 Å². The first-order valence-electron chi connectivity index (χ1n) is 12.9. The number of unbranched alkanes of at least 4 members (excludes halogenated alkanes) is 1. The summed E-state index contributed by atoms with van der Waals surface area (Å²) in [7, 11) is -2.38. The van der Waals surface area contributed by atoms with E-state index in [4.69, 9.17) is 9.53 Å². The van der Waals surface area contributed by atoms with E-state index in [1.807, 2.05) is 46.0 Å². The molecule has 8 heteroatoms. The number of alkyl halides is 2. The summed E-state index contributed by atoms with van der Waals surface area (Å²) in [5.41, 5.74) is 0. The third-order valence-corrected chi connectivity index (χ3v) is 12.1. The Labute approximate surface area is 206 Å². The molecule has 1 saturated carbocycles. The summed E-state index contributed by atoms with van der Waals surface area (Å²) in [5.74, 6) is -3.98. The standard InChI is InChI=1S/C26H48F2O5Si/c1-7-17-26(27,28)23(33-34(5,6)25(2,3)4)15-12-14-20-19(21(29)18-22(20)30)13-10-8-9-11-16-24(31)32/h8,10,19-23,29-30H,7,9,11-18H2,1-6H3,(H,31,32)/b10-8-/t19-,20-,21+,22-,23-/m1/s1. The predicted molar refractivity (Wildman–Crippen MR) is 135 cm³/mol. The Morgan fingerprint density at radius 2 is 1.74 bits per heavy atom. The van der Waals surface area contributed by atoms with Crippen molar-refractivity contribution < 1.29 is 33.3 Å². The van der Waals surface area contributed by atoms with Gasteiger partial charge in [-0.05, 0) is 68.5 Å². The minimum Gasteiger partial charge on any atom is -0.481 e. The molecule has 0 amide bonds. The molecule has 0 aromatic heterocycles. The zero-order valence-corrected chi connectivity index (χ0v) is 23.0. The number of allylic oxidation sites excluding steroid dienone is 2. The molecule has 1 fully saturated rings. The van der Waals surface area contributed by atoms with Gasteiger partial charge in [0.05, 0.1) is 12.2 Å². The van der Waals surface area contributed by atoms with E-state index in [1.165, 1.54) is 0 Å². The van der Waals surface area contributed by atoms with E-state index >= 15 is 8.78 Å². The summed E-state index contributed by atoms with van der Waals surface area (Å²) in [4.78, 5) is 10.6. The maximum atomic E-state index is 15.0. The highest BCUT2D eigenvalue weighted by Crippen LogP contribution is 2.43. The van der Waals surface area contributed by atoms with Crippen LogP contribution in [0.15, 0.2) is 12.2 Å². The minimum absolute atomic E-state index is 0.123. The zero-order chi connectivity index (χ0) is 26.2. The predicted octanol–water partition coefficient (Wildman–Crippen LogP) is 6.54. The Balaban J connectivity index is 2.76. The van der Waals surface area contributed by atoms with Crippen LogP contribution in [-0.2, 0) is 9.22 Å². The van der Waals surface area contributed by atoms with Crippen molar-refractivity contribution in [3.8, 4) is 0 Å². The van der Waals surface area contributed by atoms with Crippen LogP contribution in [0.2, 0.25) is 18.1 Å². The highest BCUT2D eigenvalue weighted by molar-refractivity contribution is 6.74. The number of rotatable bonds is 15. The second-order valence-corrected chi connectivity index (χ2v) is 16.3. The van der Waals surface area contributed by atoms with Crippen LogP contribution in [0.4, 0.5) is 8.78 Å². The zero-order valence-electron chi connectivity index (χ0n) is 22.0. The number of carboxylic acid groups (broad SMARTS) is 1. The number of aliphatic carboxylic acids is 1. The molecule has 0 saturated heterocycles. The number of aliphatic hydroxyl groups excluding tert-OH is 2. The number of carboxylic acids is 1. The molecule has 5 atom stereocenters. The molecule has 0 aliphatic heterocycles. The van der Waals surface area contributed by atoms with Gasteiger partial charge in [-0.3, -0.25) is 4.79 Å². The third kappa shape index (κ3) is 9.67. The van der Waals surface area contributed by atoms with Crippen LogP contribution in [0.1, 0.15) is 91.9 Å². The third-order valence-electron chi connectivity index (χ3n) is 7.66. The molecule has 0 bridgehead atoms. The maximum absolute atomic E-state index is 15.0. The Morgan fingerprint density at radius 1 is 1.12 bits per heavy atom. The van der Waals surface area contributed by atoms with Crippen LogP contribution in [0.5, 0.6) is 0 Å². The number of carbonyl (C=O) groups is 1. The van der Waals surface area contributed by atoms with E-state index in [0.29, 0.717) is 44.9 Å². The van der Waals surface area contributed by atoms with Gasteiger partial charge in [0.2, 0.25) is 0 Å². The van der Waals surface area contributed by atoms with Crippen molar-refractivity contribution in [3.05, 3.63) is 12.2 Å². The first-order chi connectivity index (χ1) is 15.6. The lowest BCUT2D eigenvalue weighted by Crippen LogP contribution is -2.49. The van der Waals surface area contributed by atoms with Gasteiger partial charge in [0.1, 0.15) is 6.10 Å². The molecule has 200 valence electrons. The molecule has 0 aromatic carbocycles. The van der Waals surface area contributed by atoms with Crippen molar-refractivity contribution in [2.45, 2.75) is 134 Å². The number of halogens is 2. The number of hydrogen-bond acceptors (Lipinski definition) is 4. The van der Waals surface area contributed by atoms with Crippen LogP contribution >= 0.6 is 0 Å². The fourth-order valence-electron chi connectivity index (χ4n) is 4.57. The lowest BCUT2D eigenvalue weighted by molar-refractivity contribution is -0.137. The summed E-state index contributed by atoms with van der Waals surface area (Å²) < 4.78 is 36.2. The fraction of sp³-hybridized carbons (Fsp3) is 0.885. The van der Waals surface area contributed by atoms with Gasteiger partial charge in [0, 0.05) is 12.8 Å². The van der Waals surface area contributed by atoms with Gasteiger partial charge < -0.3 is 19.7 Å². The smallest absolute Gasteiger partial charge is 0.303 e. The molecular formula is C26H48F2O5Si. The Kier molecular flexibility index (Phi) is 12.4. The normalized spacial score (nSPS) is 25.2. The molecule has 3 N–H and O–H groups in total. The molecule has 34 heavy (non-hydrogen) atoms. The van der Waals surface area contributed by atoms with Crippen molar-refractivity contribution in [1.82, 2.24) is 0 Å². The summed E-state index contributed by atoms with van der Waals surface area (Å²) in [6, 6.07) is 0. The van der Waals surface area contributed by atoms with Gasteiger partial charge >= 0.3 is 5.97 Å². The molecule has 0 spiro atoms. The van der Waals surface area contributed by atoms with Crippen molar-refractivity contribution in [2.24, 2.45) is 11.8 Å². The van der Waals surface area contributed by atoms with Gasteiger partial charge in [-0.25, -0.2) is 8.78 Å². The maximum Gasteiger partial charge on any atom is 0.303 e. The second-order valence-electron chi connectivity index (χ2n) is 11.5. The number of aliphatic hydroxyl groups is 2. The monoisotopic (exact) mass is 506 g/mol. The van der Waals surface area contributed by atoms with E-state index in [9.17, 15) is 15.0 Å². The van der Waals surface area contributed by atoms with Gasteiger partial charge in [0.15, 0.2) is 8.32 Å². The van der Waals surface area contributed by atoms with E-state index in [-0.39, 0.29) is 36.1 Å². The molecule has 0 aromatic rings. The van der Waals surface area contributed by atoms with Crippen LogP contribution in [0.25, 0.3) is 0 Å². The van der Waals surface area contributed by atoms with E-state index in [1.54, 1.807) is 6.92 Å². The van der Waals surface area contributed by atoms with Crippen molar-refractivity contribution in [3.63, 3.8) is 0 Å². The van der Waals surface area contributed by atoms with E-state index in [2.05, 4.69) is 0 Å². The minimum atomic E-state index is -2.89. The Morgan fingerprint density at radius 3 is 2.29 bits per heavy atom. The van der Waals surface area contributed by atoms with E-state index < -0.39 is 38.5 Å². The molecule has 1 aliphatic carbocycles. The molecule has 1 aliphatic rings. The summed E-state index contributed by atoms with van der Waals surface area (Å²) in [6.07, 6.45) is 5.19. The van der Waals surface area contributed by atoms with Crippen molar-refractivity contribution in [2.75, 3.05) is 0 Å². The Bertz CT molecular complexity index is 648.